The summed E-state index contributed by atoms with van der Waals surface area (Å²) in [5, 5.41) is 0. The molecule has 41 heavy (non-hydrogen) atoms. The van der Waals surface area contributed by atoms with Gasteiger partial charge in [-0.05, 0) is 0 Å². The second-order valence-corrected chi connectivity index (χ2v) is 14.1. The molecule has 2 heterocycles. The Bertz CT molecular complexity index is 762. The molecule has 0 aromatic rings. The smallest absolute Gasteiger partial charge is 0 e. The molecule has 8 unspecified atom stereocenters. The van der Waals surface area contributed by atoms with Crippen LogP contribution in [0.1, 0.15) is 75.2 Å². The zero-order chi connectivity index (χ0) is 30.6. The zero-order valence-electron chi connectivity index (χ0n) is 25.7. The molecule has 2 aliphatic heterocycles. The standard InChI is InChI=1S/C13H24B2O4P.C12H22B2O4PS.Ar/c1-6-7(2)11-13(20-15-14-17)8(3)12(9(4)18-11)19-10(5)16;1-5-6(2)9-11(19-14-13-16)7(3)10(12(20)18-9)17-8(4)15;/h7-9,11-13,20H,6H2,1-5H3;6-7,9-12,19-20H,5H2,1-4H3;/t7-,8+,9?,11?,12?,13-;6-,7+,9?,10?,11-,12?;/m00./s1. The summed E-state index contributed by atoms with van der Waals surface area (Å²) < 4.78 is 44.2. The van der Waals surface area contributed by atoms with Crippen LogP contribution in [0.5, 0.6) is 0 Å². The molecule has 0 saturated carbocycles. The first-order valence-electron chi connectivity index (χ1n) is 14.2. The van der Waals surface area contributed by atoms with Crippen molar-refractivity contribution in [3.8, 4) is 0 Å². The Morgan fingerprint density at radius 3 is 1.59 bits per heavy atom. The van der Waals surface area contributed by atoms with Gasteiger partial charge in [-0.3, -0.25) is 0 Å². The fraction of sp³-hybridized carbons (Fsp3) is 0.920. The van der Waals surface area contributed by atoms with E-state index in [1.54, 1.807) is 13.8 Å². The SMILES string of the molecule is CC[C@H](C)C1OC(C)C(OC(C)=O)[C@@H](C)[C@@H]1P[B]B=O.CC[C@H](C)C1OC(S)C(OC(C)=O)[C@@H](C)[C@@H]1P[B]B=O.[Ar]. The molecule has 2 saturated heterocycles. The first-order valence-corrected chi connectivity index (χ1v) is 17.1. The second-order valence-electron chi connectivity index (χ2n) is 10.9. The van der Waals surface area contributed by atoms with Crippen molar-refractivity contribution in [2.45, 2.75) is 122 Å². The van der Waals surface area contributed by atoms with Crippen molar-refractivity contribution in [1.82, 2.24) is 0 Å². The van der Waals surface area contributed by atoms with E-state index in [9.17, 15) is 19.0 Å². The molecule has 14 atom stereocenters. The molecule has 0 aromatic heterocycles. The minimum Gasteiger partial charge on any atom is 0 e. The number of esters is 2. The van der Waals surface area contributed by atoms with Gasteiger partial charge in [0.25, 0.3) is 0 Å². The molecule has 2 rings (SSSR count). The Morgan fingerprint density at radius 1 is 0.805 bits per heavy atom. The third-order valence-electron chi connectivity index (χ3n) is 8.02. The summed E-state index contributed by atoms with van der Waals surface area (Å²) in [7, 11) is 2.44. The van der Waals surface area contributed by atoms with Gasteiger partial charge in [-0.25, -0.2) is 0 Å². The number of carbonyl (C=O) groups excluding carboxylic acids is 2. The summed E-state index contributed by atoms with van der Waals surface area (Å²) in [5.74, 6) is 0.507. The van der Waals surface area contributed by atoms with Gasteiger partial charge < -0.3 is 0 Å². The first-order chi connectivity index (χ1) is 18.8. The Hall–Kier alpha value is 1.19. The maximum Gasteiger partial charge on any atom is 0 e. The van der Waals surface area contributed by atoms with Gasteiger partial charge in [0, 0.05) is 37.7 Å². The Labute approximate surface area is 289 Å². The van der Waals surface area contributed by atoms with Crippen LogP contribution < -0.4 is 0 Å². The minimum atomic E-state index is -0.412. The third-order valence-corrected chi connectivity index (χ3v) is 11.6. The molecular weight excluding hydrogens is 605 g/mol. The molecule has 8 nitrogen and oxygen atoms in total. The molecule has 0 bridgehead atoms. The minimum absolute atomic E-state index is 0. The molecule has 0 N–H and O–H groups in total. The van der Waals surface area contributed by atoms with Crippen LogP contribution in [0.25, 0.3) is 0 Å². The second kappa shape index (κ2) is 21.8. The van der Waals surface area contributed by atoms with Gasteiger partial charge in [-0.15, -0.1) is 0 Å². The number of ether oxygens (including phenoxy) is 4. The van der Waals surface area contributed by atoms with Gasteiger partial charge >= 0.3 is 253 Å². The van der Waals surface area contributed by atoms with Crippen LogP contribution in [0, 0.1) is 61.4 Å². The van der Waals surface area contributed by atoms with Crippen molar-refractivity contribution >= 4 is 69.3 Å². The van der Waals surface area contributed by atoms with Crippen molar-refractivity contribution in [2.75, 3.05) is 0 Å². The topological polar surface area (TPSA) is 105 Å². The van der Waals surface area contributed by atoms with Gasteiger partial charge in [0.1, 0.15) is 0 Å². The summed E-state index contributed by atoms with van der Waals surface area (Å²) in [6, 6.07) is 0. The maximum atomic E-state index is 11.3. The number of hydrogen-bond acceptors (Lipinski definition) is 9. The average Bonchev–Trinajstić information content (AvgIpc) is 2.91. The fourth-order valence-corrected chi connectivity index (χ4v) is 8.67. The molecule has 2 aliphatic rings. The molecule has 0 amide bonds. The molecule has 0 spiro atoms. The molecule has 16 heteroatoms. The van der Waals surface area contributed by atoms with Gasteiger partial charge in [-0.2, -0.15) is 0 Å². The number of hydrogen-bond donors (Lipinski definition) is 1. The van der Waals surface area contributed by atoms with Crippen molar-refractivity contribution in [3.63, 3.8) is 0 Å². The van der Waals surface area contributed by atoms with E-state index in [-0.39, 0.29) is 103 Å². The molecule has 0 aliphatic carbocycles. The molecule has 230 valence electrons. The number of carbonyl (C=O) groups is 2. The Morgan fingerprint density at radius 2 is 1.20 bits per heavy atom. The van der Waals surface area contributed by atoms with Crippen LogP contribution in [0.4, 0.5) is 0 Å². The first kappa shape index (κ1) is 42.2. The van der Waals surface area contributed by atoms with Crippen molar-refractivity contribution in [1.29, 1.82) is 0 Å². The van der Waals surface area contributed by atoms with E-state index in [4.69, 9.17) is 18.9 Å². The normalized spacial score (nSPS) is 34.7. The summed E-state index contributed by atoms with van der Waals surface area (Å²) in [6.07, 6.45) is 1.48. The van der Waals surface area contributed by atoms with Gasteiger partial charge in [-0.1, -0.05) is 0 Å². The number of rotatable bonds is 12. The molecule has 0 aromatic carbocycles. The van der Waals surface area contributed by atoms with Crippen molar-refractivity contribution in [3.05, 3.63) is 0 Å². The predicted molar refractivity (Wildman–Crippen MR) is 169 cm³/mol. The Balaban J connectivity index is 0.000000762. The van der Waals surface area contributed by atoms with Crippen molar-refractivity contribution < 1.29 is 75.7 Å². The predicted octanol–water partition coefficient (Wildman–Crippen LogP) is 3.90. The molecular formula is C25H46ArB4O8P2S. The maximum absolute atomic E-state index is 11.3. The monoisotopic (exact) mass is 652 g/mol. The largest absolute Gasteiger partial charge is 0 e. The third kappa shape index (κ3) is 13.2. The van der Waals surface area contributed by atoms with Crippen molar-refractivity contribution in [2.24, 2.45) is 23.7 Å². The average molecular weight is 652 g/mol. The zero-order valence-corrected chi connectivity index (χ0v) is 29.3. The van der Waals surface area contributed by atoms with Crippen LogP contribution in [0.3, 0.4) is 0 Å². The molecule has 2 fully saturated rings. The van der Waals surface area contributed by atoms with E-state index in [2.05, 4.69) is 47.2 Å². The van der Waals surface area contributed by atoms with E-state index in [1.165, 1.54) is 13.8 Å². The van der Waals surface area contributed by atoms with E-state index < -0.39 is 5.44 Å². The van der Waals surface area contributed by atoms with Crippen LogP contribution in [-0.2, 0) is 37.9 Å². The summed E-state index contributed by atoms with van der Waals surface area (Å²) in [5.41, 5.74) is 0.00350. The van der Waals surface area contributed by atoms with Crippen LogP contribution in [0.2, 0.25) is 0 Å². The fourth-order valence-electron chi connectivity index (χ4n) is 5.41. The van der Waals surface area contributed by atoms with E-state index in [1.807, 2.05) is 13.8 Å². The quantitative estimate of drug-likeness (QED) is 0.147. The van der Waals surface area contributed by atoms with Gasteiger partial charge in [0.05, 0.1) is 0 Å². The van der Waals surface area contributed by atoms with Gasteiger partial charge in [0.2, 0.25) is 0 Å². The van der Waals surface area contributed by atoms with Crippen LogP contribution >= 0.6 is 29.5 Å². The summed E-state index contributed by atoms with van der Waals surface area (Å²) >= 11 is 4.44. The van der Waals surface area contributed by atoms with E-state index in [0.717, 1.165) is 26.9 Å². The summed E-state index contributed by atoms with van der Waals surface area (Å²) in [4.78, 5) is 22.5. The van der Waals surface area contributed by atoms with Crippen LogP contribution in [0.15, 0.2) is 0 Å². The Kier molecular flexibility index (Phi) is 22.5. The van der Waals surface area contributed by atoms with Gasteiger partial charge in [0.15, 0.2) is 0 Å². The van der Waals surface area contributed by atoms with E-state index >= 15 is 0 Å². The van der Waals surface area contributed by atoms with Crippen LogP contribution in [-0.4, -0.2) is 87.1 Å². The van der Waals surface area contributed by atoms with E-state index in [0.29, 0.717) is 28.8 Å². The number of thiol groups is 1. The molecule has 2 radical (unpaired) electrons. The summed E-state index contributed by atoms with van der Waals surface area (Å²) in [6.45, 7) is 20.8.